The van der Waals surface area contributed by atoms with Crippen molar-refractivity contribution in [1.82, 2.24) is 14.7 Å². The van der Waals surface area contributed by atoms with Gasteiger partial charge in [-0.3, -0.25) is 4.79 Å². The molecule has 1 saturated heterocycles. The molecule has 0 radical (unpaired) electrons. The molecule has 1 unspecified atom stereocenters. The zero-order chi connectivity index (χ0) is 18.4. The molecule has 0 saturated carbocycles. The van der Waals surface area contributed by atoms with Gasteiger partial charge in [0.1, 0.15) is 0 Å². The summed E-state index contributed by atoms with van der Waals surface area (Å²) in [6.45, 7) is 5.36. The Hall–Kier alpha value is -2.70. The molecular formula is C18H20FN3O3. The van der Waals surface area contributed by atoms with E-state index in [-0.39, 0.29) is 13.0 Å². The second kappa shape index (κ2) is 5.98. The molecule has 0 spiro atoms. The highest BCUT2D eigenvalue weighted by atomic mass is 19.1. The molecule has 0 bridgehead atoms. The lowest BCUT2D eigenvalue weighted by atomic mass is 10.1. The minimum Gasteiger partial charge on any atom is -0.479 e. The smallest absolute Gasteiger partial charge is 0.343 e. The molecule has 1 aliphatic heterocycles. The van der Waals surface area contributed by atoms with Crippen LogP contribution in [-0.2, 0) is 4.79 Å². The quantitative estimate of drug-likeness (QED) is 0.927. The summed E-state index contributed by atoms with van der Waals surface area (Å²) in [6.07, 6.45) is 1.26. The predicted molar refractivity (Wildman–Crippen MR) is 89.8 cm³/mol. The lowest BCUT2D eigenvalue weighted by Crippen LogP contribution is -2.39. The number of carbonyl (C=O) groups excluding carboxylic acids is 1. The third-order valence-corrected chi connectivity index (χ3v) is 4.72. The van der Waals surface area contributed by atoms with Gasteiger partial charge in [-0.25, -0.2) is 13.9 Å². The van der Waals surface area contributed by atoms with Gasteiger partial charge in [-0.15, -0.1) is 0 Å². The van der Waals surface area contributed by atoms with Crippen molar-refractivity contribution >= 4 is 11.9 Å². The first-order chi connectivity index (χ1) is 11.7. The fourth-order valence-corrected chi connectivity index (χ4v) is 3.10. The Kier molecular flexibility index (Phi) is 4.10. The molecule has 25 heavy (non-hydrogen) atoms. The first-order valence-corrected chi connectivity index (χ1v) is 8.07. The van der Waals surface area contributed by atoms with Gasteiger partial charge in [0, 0.05) is 13.0 Å². The molecule has 3 rings (SSSR count). The highest BCUT2D eigenvalue weighted by molar-refractivity contribution is 5.96. The standard InChI is InChI=1S/C18H20FN3O3/c1-11-4-5-12(2)15(8-11)22-13(3)14(9-20-22)16(23)21-7-6-18(19,10-21)17(24)25/h4-5,8-9H,6-7,10H2,1-3H3,(H,24,25). The van der Waals surface area contributed by atoms with E-state index in [9.17, 15) is 14.0 Å². The Morgan fingerprint density at radius 1 is 1.28 bits per heavy atom. The van der Waals surface area contributed by atoms with Crippen molar-refractivity contribution in [3.8, 4) is 5.69 Å². The van der Waals surface area contributed by atoms with Crippen molar-refractivity contribution in [3.05, 3.63) is 46.8 Å². The average molecular weight is 345 g/mol. The van der Waals surface area contributed by atoms with E-state index in [1.165, 1.54) is 11.1 Å². The maximum atomic E-state index is 14.2. The zero-order valence-electron chi connectivity index (χ0n) is 14.4. The van der Waals surface area contributed by atoms with Gasteiger partial charge in [0.25, 0.3) is 5.91 Å². The molecule has 1 aliphatic rings. The molecule has 7 heteroatoms. The van der Waals surface area contributed by atoms with Gasteiger partial charge < -0.3 is 10.0 Å². The molecular weight excluding hydrogens is 325 g/mol. The number of aliphatic carboxylic acids is 1. The SMILES string of the molecule is Cc1ccc(C)c(-n2ncc(C(=O)N3CCC(F)(C(=O)O)C3)c2C)c1. The first kappa shape index (κ1) is 17.1. The predicted octanol–water partition coefficient (Wildman–Crippen LogP) is 2.44. The summed E-state index contributed by atoms with van der Waals surface area (Å²) < 4.78 is 15.9. The maximum absolute atomic E-state index is 14.2. The third kappa shape index (κ3) is 2.90. The van der Waals surface area contributed by atoms with Crippen LogP contribution in [0.3, 0.4) is 0 Å². The highest BCUT2D eigenvalue weighted by Gasteiger charge is 2.47. The summed E-state index contributed by atoms with van der Waals surface area (Å²) in [5, 5.41) is 13.3. The number of carbonyl (C=O) groups is 2. The molecule has 1 amide bonds. The lowest BCUT2D eigenvalue weighted by Gasteiger charge is -2.17. The number of likely N-dealkylation sites (tertiary alicyclic amines) is 1. The van der Waals surface area contributed by atoms with Crippen molar-refractivity contribution in [1.29, 1.82) is 0 Å². The van der Waals surface area contributed by atoms with Crippen LogP contribution in [0, 0.1) is 20.8 Å². The van der Waals surface area contributed by atoms with Crippen LogP contribution < -0.4 is 0 Å². The number of nitrogens with zero attached hydrogens (tertiary/aromatic N) is 3. The number of halogens is 1. The number of alkyl halides is 1. The minimum absolute atomic E-state index is 0.0791. The molecule has 2 heterocycles. The Labute approximate surface area is 144 Å². The van der Waals surface area contributed by atoms with Crippen molar-refractivity contribution in [3.63, 3.8) is 0 Å². The molecule has 1 aromatic heterocycles. The van der Waals surface area contributed by atoms with Crippen molar-refractivity contribution in [2.75, 3.05) is 13.1 Å². The van der Waals surface area contributed by atoms with E-state index in [4.69, 9.17) is 5.11 Å². The number of benzene rings is 1. The summed E-state index contributed by atoms with van der Waals surface area (Å²) in [4.78, 5) is 25.0. The molecule has 132 valence electrons. The van der Waals surface area contributed by atoms with Crippen LogP contribution in [-0.4, -0.2) is 50.4 Å². The Bertz CT molecular complexity index is 861. The molecule has 1 N–H and O–H groups in total. The van der Waals surface area contributed by atoms with E-state index < -0.39 is 24.1 Å². The number of hydrogen-bond acceptors (Lipinski definition) is 3. The number of rotatable bonds is 3. The van der Waals surface area contributed by atoms with E-state index in [2.05, 4.69) is 5.10 Å². The number of aromatic nitrogens is 2. The number of hydrogen-bond donors (Lipinski definition) is 1. The van der Waals surface area contributed by atoms with E-state index in [1.54, 1.807) is 11.6 Å². The lowest BCUT2D eigenvalue weighted by molar-refractivity contribution is -0.149. The van der Waals surface area contributed by atoms with Crippen LogP contribution in [0.1, 0.15) is 33.6 Å². The maximum Gasteiger partial charge on any atom is 0.343 e. The largest absolute Gasteiger partial charge is 0.479 e. The zero-order valence-corrected chi connectivity index (χ0v) is 14.4. The van der Waals surface area contributed by atoms with Crippen molar-refractivity contribution in [2.45, 2.75) is 32.9 Å². The molecule has 0 aliphatic carbocycles. The average Bonchev–Trinajstić information content (AvgIpc) is 3.14. The van der Waals surface area contributed by atoms with Gasteiger partial charge in [0.2, 0.25) is 5.67 Å². The van der Waals surface area contributed by atoms with Crippen LogP contribution in [0.2, 0.25) is 0 Å². The van der Waals surface area contributed by atoms with E-state index in [0.29, 0.717) is 11.3 Å². The molecule has 1 atom stereocenters. The fourth-order valence-electron chi connectivity index (χ4n) is 3.10. The molecule has 2 aromatic rings. The Morgan fingerprint density at radius 2 is 2.00 bits per heavy atom. The number of carboxylic acid groups (broad SMARTS) is 1. The Balaban J connectivity index is 1.90. The number of aryl methyl sites for hydroxylation is 2. The second-order valence-corrected chi connectivity index (χ2v) is 6.59. The van der Waals surface area contributed by atoms with Crippen LogP contribution in [0.15, 0.2) is 24.4 Å². The van der Waals surface area contributed by atoms with Gasteiger partial charge in [0.15, 0.2) is 0 Å². The third-order valence-electron chi connectivity index (χ3n) is 4.72. The normalized spacial score (nSPS) is 20.1. The minimum atomic E-state index is -2.37. The van der Waals surface area contributed by atoms with E-state index >= 15 is 0 Å². The van der Waals surface area contributed by atoms with Crippen molar-refractivity contribution < 1.29 is 19.1 Å². The number of amides is 1. The van der Waals surface area contributed by atoms with Crippen LogP contribution in [0.5, 0.6) is 0 Å². The van der Waals surface area contributed by atoms with Crippen molar-refractivity contribution in [2.24, 2.45) is 0 Å². The van der Waals surface area contributed by atoms with Gasteiger partial charge in [-0.1, -0.05) is 12.1 Å². The number of carboxylic acids is 1. The topological polar surface area (TPSA) is 75.4 Å². The van der Waals surface area contributed by atoms with Gasteiger partial charge in [-0.05, 0) is 38.0 Å². The monoisotopic (exact) mass is 345 g/mol. The van der Waals surface area contributed by atoms with Crippen LogP contribution >= 0.6 is 0 Å². The summed E-state index contributed by atoms with van der Waals surface area (Å²) in [7, 11) is 0. The first-order valence-electron chi connectivity index (χ1n) is 8.07. The molecule has 1 aromatic carbocycles. The summed E-state index contributed by atoms with van der Waals surface area (Å²) >= 11 is 0. The molecule has 6 nitrogen and oxygen atoms in total. The van der Waals surface area contributed by atoms with Crippen LogP contribution in [0.25, 0.3) is 5.69 Å². The van der Waals surface area contributed by atoms with E-state index in [1.807, 2.05) is 32.0 Å². The molecule has 1 fully saturated rings. The van der Waals surface area contributed by atoms with E-state index in [0.717, 1.165) is 16.8 Å². The Morgan fingerprint density at radius 3 is 2.64 bits per heavy atom. The van der Waals surface area contributed by atoms with Crippen LogP contribution in [0.4, 0.5) is 4.39 Å². The van der Waals surface area contributed by atoms with Gasteiger partial charge >= 0.3 is 5.97 Å². The summed E-state index contributed by atoms with van der Waals surface area (Å²) in [5.74, 6) is -1.92. The summed E-state index contributed by atoms with van der Waals surface area (Å²) in [5.41, 5.74) is 1.61. The second-order valence-electron chi connectivity index (χ2n) is 6.59. The highest BCUT2D eigenvalue weighted by Crippen LogP contribution is 2.28. The summed E-state index contributed by atoms with van der Waals surface area (Å²) in [6, 6.07) is 5.97. The van der Waals surface area contributed by atoms with Gasteiger partial charge in [-0.2, -0.15) is 5.10 Å². The fraction of sp³-hybridized carbons (Fsp3) is 0.389. The van der Waals surface area contributed by atoms with Gasteiger partial charge in [0.05, 0.1) is 29.7 Å².